The number of nitrogens with zero attached hydrogens (tertiary/aromatic N) is 5. The fourth-order valence-electron chi connectivity index (χ4n) is 2.73. The van der Waals surface area contributed by atoms with Crippen molar-refractivity contribution in [3.63, 3.8) is 0 Å². The molecule has 0 atom stereocenters. The number of rotatable bonds is 4. The van der Waals surface area contributed by atoms with Crippen LogP contribution in [0.2, 0.25) is 4.34 Å². The topological polar surface area (TPSA) is 104 Å². The Hall–Kier alpha value is -2.76. The summed E-state index contributed by atoms with van der Waals surface area (Å²) in [4.78, 5) is 46.8. The molecule has 28 heavy (non-hydrogen) atoms. The maximum absolute atomic E-state index is 12.6. The van der Waals surface area contributed by atoms with Gasteiger partial charge in [0, 0.05) is 19.5 Å². The van der Waals surface area contributed by atoms with Gasteiger partial charge in [-0.3, -0.25) is 14.2 Å². The zero-order chi connectivity index (χ0) is 20.0. The minimum absolute atomic E-state index is 0.251. The molecule has 0 saturated heterocycles. The van der Waals surface area contributed by atoms with Gasteiger partial charge in [0.25, 0.3) is 5.56 Å². The second kappa shape index (κ2) is 7.00. The molecule has 0 aliphatic rings. The van der Waals surface area contributed by atoms with Gasteiger partial charge in [0.05, 0.1) is 21.2 Å². The lowest BCUT2D eigenvalue weighted by atomic mass is 10.4. The fraction of sp³-hybridized carbons (Fsp3) is 0.188. The minimum atomic E-state index is -0.612. The summed E-state index contributed by atoms with van der Waals surface area (Å²) >= 11 is 8.56. The molecule has 4 aromatic rings. The smallest absolute Gasteiger partial charge is 0.328 e. The molecule has 1 amide bonds. The minimum Gasteiger partial charge on any atom is -0.328 e. The molecule has 9 nitrogen and oxygen atoms in total. The Kier molecular flexibility index (Phi) is 4.65. The average molecular weight is 437 g/mol. The van der Waals surface area contributed by atoms with Gasteiger partial charge in [0.1, 0.15) is 6.54 Å². The summed E-state index contributed by atoms with van der Waals surface area (Å²) < 4.78 is 4.29. The Morgan fingerprint density at radius 3 is 2.79 bits per heavy atom. The van der Waals surface area contributed by atoms with E-state index in [1.54, 1.807) is 18.5 Å². The molecule has 4 heterocycles. The van der Waals surface area contributed by atoms with Crippen LogP contribution in [0.1, 0.15) is 0 Å². The van der Waals surface area contributed by atoms with E-state index in [2.05, 4.69) is 15.3 Å². The number of aromatic nitrogens is 5. The first-order valence-corrected chi connectivity index (χ1v) is 10.0. The van der Waals surface area contributed by atoms with Gasteiger partial charge in [-0.2, -0.15) is 0 Å². The monoisotopic (exact) mass is 436 g/mol. The normalized spacial score (nSPS) is 11.2. The van der Waals surface area contributed by atoms with Crippen molar-refractivity contribution in [3.05, 3.63) is 49.0 Å². The largest absolute Gasteiger partial charge is 0.332 e. The summed E-state index contributed by atoms with van der Waals surface area (Å²) in [5.41, 5.74) is 0.0386. The fourth-order valence-corrected chi connectivity index (χ4v) is 4.54. The summed E-state index contributed by atoms with van der Waals surface area (Å²) in [6.07, 6.45) is 1.45. The SMILES string of the molecule is Cn1cnc2c1c(=O)n(CC(=O)Nc1nc(-c3ccc(Cl)s3)cs1)c(=O)n2C. The van der Waals surface area contributed by atoms with Crippen LogP contribution < -0.4 is 16.6 Å². The van der Waals surface area contributed by atoms with Crippen molar-refractivity contribution in [1.82, 2.24) is 23.7 Å². The van der Waals surface area contributed by atoms with E-state index in [1.807, 2.05) is 6.07 Å². The van der Waals surface area contributed by atoms with E-state index in [4.69, 9.17) is 11.6 Å². The maximum Gasteiger partial charge on any atom is 0.332 e. The zero-order valence-electron chi connectivity index (χ0n) is 14.7. The maximum atomic E-state index is 12.6. The predicted molar refractivity (Wildman–Crippen MR) is 109 cm³/mol. The number of thiophene rings is 1. The lowest BCUT2D eigenvalue weighted by Gasteiger charge is -2.08. The molecular weight excluding hydrogens is 424 g/mol. The molecular formula is C16H13ClN6O3S2. The van der Waals surface area contributed by atoms with Crippen LogP contribution in [0.4, 0.5) is 5.13 Å². The number of halogens is 1. The van der Waals surface area contributed by atoms with Gasteiger partial charge in [-0.1, -0.05) is 11.6 Å². The number of nitrogens with one attached hydrogen (secondary N) is 1. The molecule has 0 bridgehead atoms. The quantitative estimate of drug-likeness (QED) is 0.526. The number of hydrogen-bond donors (Lipinski definition) is 1. The third-order valence-corrected chi connectivity index (χ3v) is 6.09. The summed E-state index contributed by atoms with van der Waals surface area (Å²) in [7, 11) is 3.16. The highest BCUT2D eigenvalue weighted by Gasteiger charge is 2.17. The average Bonchev–Trinajstić information content (AvgIpc) is 3.37. The molecule has 0 aromatic carbocycles. The van der Waals surface area contributed by atoms with E-state index in [1.165, 1.54) is 45.2 Å². The van der Waals surface area contributed by atoms with Crippen LogP contribution in [0, 0.1) is 0 Å². The van der Waals surface area contributed by atoms with Crippen LogP contribution in [-0.2, 0) is 25.4 Å². The molecule has 0 aliphatic carbocycles. The number of amides is 1. The van der Waals surface area contributed by atoms with E-state index in [0.717, 1.165) is 9.44 Å². The first-order chi connectivity index (χ1) is 13.3. The number of anilines is 1. The molecule has 0 saturated carbocycles. The van der Waals surface area contributed by atoms with Crippen LogP contribution in [0.15, 0.2) is 33.4 Å². The van der Waals surface area contributed by atoms with Crippen molar-refractivity contribution in [3.8, 4) is 10.6 Å². The summed E-state index contributed by atoms with van der Waals surface area (Å²) in [5.74, 6) is -0.522. The summed E-state index contributed by atoms with van der Waals surface area (Å²) in [6, 6.07) is 3.62. The van der Waals surface area contributed by atoms with Crippen molar-refractivity contribution in [1.29, 1.82) is 0 Å². The third kappa shape index (κ3) is 3.17. The molecule has 4 aromatic heterocycles. The van der Waals surface area contributed by atoms with Crippen molar-refractivity contribution >= 4 is 56.5 Å². The molecule has 12 heteroatoms. The van der Waals surface area contributed by atoms with Gasteiger partial charge in [0.15, 0.2) is 16.3 Å². The van der Waals surface area contributed by atoms with Crippen LogP contribution in [-0.4, -0.2) is 29.6 Å². The van der Waals surface area contributed by atoms with Crippen LogP contribution in [0.25, 0.3) is 21.7 Å². The van der Waals surface area contributed by atoms with Crippen LogP contribution in [0.5, 0.6) is 0 Å². The Balaban J connectivity index is 1.60. The van der Waals surface area contributed by atoms with Gasteiger partial charge in [0.2, 0.25) is 5.91 Å². The molecule has 0 fully saturated rings. The van der Waals surface area contributed by atoms with Gasteiger partial charge >= 0.3 is 5.69 Å². The van der Waals surface area contributed by atoms with E-state index >= 15 is 0 Å². The number of aryl methyl sites for hydroxylation is 2. The van der Waals surface area contributed by atoms with Crippen LogP contribution in [0.3, 0.4) is 0 Å². The van der Waals surface area contributed by atoms with Gasteiger partial charge in [-0.15, -0.1) is 22.7 Å². The molecule has 0 spiro atoms. The first-order valence-electron chi connectivity index (χ1n) is 7.97. The molecule has 144 valence electrons. The van der Waals surface area contributed by atoms with Gasteiger partial charge in [-0.25, -0.2) is 19.3 Å². The van der Waals surface area contributed by atoms with E-state index in [9.17, 15) is 14.4 Å². The lowest BCUT2D eigenvalue weighted by Crippen LogP contribution is -2.42. The van der Waals surface area contributed by atoms with Crippen molar-refractivity contribution in [2.24, 2.45) is 14.1 Å². The molecule has 0 radical (unpaired) electrons. The van der Waals surface area contributed by atoms with Crippen molar-refractivity contribution < 1.29 is 4.79 Å². The van der Waals surface area contributed by atoms with E-state index in [0.29, 0.717) is 15.2 Å². The van der Waals surface area contributed by atoms with Gasteiger partial charge < -0.3 is 9.88 Å². The number of thiazole rings is 1. The number of carbonyl (C=O) groups is 1. The third-order valence-electron chi connectivity index (χ3n) is 4.08. The van der Waals surface area contributed by atoms with Crippen molar-refractivity contribution in [2.45, 2.75) is 6.54 Å². The lowest BCUT2D eigenvalue weighted by molar-refractivity contribution is -0.116. The number of carbonyl (C=O) groups excluding carboxylic acids is 1. The second-order valence-electron chi connectivity index (χ2n) is 5.95. The highest BCUT2D eigenvalue weighted by molar-refractivity contribution is 7.20. The summed E-state index contributed by atoms with van der Waals surface area (Å²) in [6.45, 7) is -0.424. The molecule has 0 aliphatic heterocycles. The Bertz CT molecular complexity index is 1330. The van der Waals surface area contributed by atoms with E-state index in [-0.39, 0.29) is 11.2 Å². The first kappa shape index (κ1) is 18.6. The molecule has 0 unspecified atom stereocenters. The zero-order valence-corrected chi connectivity index (χ0v) is 17.1. The Morgan fingerprint density at radius 2 is 2.07 bits per heavy atom. The number of hydrogen-bond acceptors (Lipinski definition) is 7. The Morgan fingerprint density at radius 1 is 1.29 bits per heavy atom. The van der Waals surface area contributed by atoms with Gasteiger partial charge in [-0.05, 0) is 12.1 Å². The number of fused-ring (bicyclic) bond motifs is 1. The standard InChI is InChI=1S/C16H13ClN6O3S2/c1-21-7-18-13-12(21)14(25)23(16(26)22(13)2)5-11(24)20-15-19-8(6-27-15)9-3-4-10(17)28-9/h3-4,6-7H,5H2,1-2H3,(H,19,20,24). The Labute approximate surface area is 170 Å². The highest BCUT2D eigenvalue weighted by Crippen LogP contribution is 2.32. The highest BCUT2D eigenvalue weighted by atomic mass is 35.5. The van der Waals surface area contributed by atoms with Crippen molar-refractivity contribution in [2.75, 3.05) is 5.32 Å². The molecule has 4 rings (SSSR count). The predicted octanol–water partition coefficient (Wildman–Crippen LogP) is 1.91. The molecule has 1 N–H and O–H groups in total. The summed E-state index contributed by atoms with van der Waals surface area (Å²) in [5, 5.41) is 4.80. The second-order valence-corrected chi connectivity index (χ2v) is 8.52. The van der Waals surface area contributed by atoms with Crippen LogP contribution >= 0.6 is 34.3 Å². The van der Waals surface area contributed by atoms with E-state index < -0.39 is 23.7 Å². The number of imidazole rings is 1.